The molecule has 0 bridgehead atoms. The highest BCUT2D eigenvalue weighted by atomic mass is 16.4. The van der Waals surface area contributed by atoms with E-state index in [0.717, 1.165) is 32.9 Å². The molecule has 5 aromatic rings. The summed E-state index contributed by atoms with van der Waals surface area (Å²) in [7, 11) is 0. The van der Waals surface area contributed by atoms with Gasteiger partial charge in [-0.25, -0.2) is 4.79 Å². The van der Waals surface area contributed by atoms with E-state index < -0.39 is 54.0 Å². The van der Waals surface area contributed by atoms with Gasteiger partial charge in [0.15, 0.2) is 6.04 Å². The Kier molecular flexibility index (Phi) is 10.3. The normalized spacial score (nSPS) is 14.5. The zero-order valence-electron chi connectivity index (χ0n) is 25.8. The van der Waals surface area contributed by atoms with Gasteiger partial charge < -0.3 is 41.9 Å². The Morgan fingerprint density at radius 2 is 1.17 bits per heavy atom. The highest BCUT2D eigenvalue weighted by Crippen LogP contribution is 2.21. The molecule has 47 heavy (non-hydrogen) atoms. The van der Waals surface area contributed by atoms with Gasteiger partial charge >= 0.3 is 5.97 Å². The highest BCUT2D eigenvalue weighted by Gasteiger charge is 2.32. The standard InChI is InChI=1S/C35H38N6O6/c1-20(42)31(35(46)47)41-34(45)29(15-21-9-3-2-4-10-21)40-33(44)30(17-23-19-38-28-14-8-6-12-25(23)28)39-32(43)26(36)16-22-18-37-27-13-7-5-11-24(22)27/h2-14,18-20,26,29-31,37-38,42H,15-17,36H2,1H3,(H,39,43)(H,40,44)(H,41,45)(H,46,47). The van der Waals surface area contributed by atoms with E-state index in [2.05, 4.69) is 25.9 Å². The topological polar surface area (TPSA) is 202 Å². The van der Waals surface area contributed by atoms with Gasteiger partial charge in [0.25, 0.3) is 0 Å². The molecule has 12 nitrogen and oxygen atoms in total. The number of para-hydroxylation sites is 2. The summed E-state index contributed by atoms with van der Waals surface area (Å²) in [5.41, 5.74) is 10.4. The first kappa shape index (κ1) is 32.9. The first-order chi connectivity index (χ1) is 22.6. The van der Waals surface area contributed by atoms with Gasteiger partial charge in [-0.2, -0.15) is 0 Å². The van der Waals surface area contributed by atoms with E-state index in [1.807, 2.05) is 48.5 Å². The summed E-state index contributed by atoms with van der Waals surface area (Å²) in [5, 5.41) is 29.2. The van der Waals surface area contributed by atoms with E-state index in [-0.39, 0.29) is 19.3 Å². The monoisotopic (exact) mass is 638 g/mol. The molecule has 0 aliphatic heterocycles. The predicted molar refractivity (Wildman–Crippen MR) is 177 cm³/mol. The number of aliphatic hydroxyl groups is 1. The molecule has 5 atom stereocenters. The predicted octanol–water partition coefficient (Wildman–Crippen LogP) is 1.92. The van der Waals surface area contributed by atoms with Crippen molar-refractivity contribution < 1.29 is 29.4 Å². The van der Waals surface area contributed by atoms with Crippen LogP contribution in [0.3, 0.4) is 0 Å². The van der Waals surface area contributed by atoms with Gasteiger partial charge in [0.1, 0.15) is 12.1 Å². The van der Waals surface area contributed by atoms with Crippen LogP contribution >= 0.6 is 0 Å². The molecule has 5 unspecified atom stereocenters. The van der Waals surface area contributed by atoms with Crippen molar-refractivity contribution in [2.24, 2.45) is 5.73 Å². The number of carbonyl (C=O) groups is 4. The second-order valence-electron chi connectivity index (χ2n) is 11.6. The third-order valence-corrected chi connectivity index (χ3v) is 8.15. The molecular formula is C35H38N6O6. The second kappa shape index (κ2) is 14.8. The zero-order valence-corrected chi connectivity index (χ0v) is 25.8. The van der Waals surface area contributed by atoms with E-state index in [4.69, 9.17) is 5.73 Å². The first-order valence-corrected chi connectivity index (χ1v) is 15.3. The molecule has 0 radical (unpaired) electrons. The quantitative estimate of drug-likeness (QED) is 0.0907. The van der Waals surface area contributed by atoms with Crippen molar-refractivity contribution in [3.8, 4) is 0 Å². The van der Waals surface area contributed by atoms with Crippen molar-refractivity contribution in [3.63, 3.8) is 0 Å². The zero-order chi connectivity index (χ0) is 33.5. The number of aliphatic carboxylic acids is 1. The number of aromatic amines is 2. The fraction of sp³-hybridized carbons (Fsp3) is 0.257. The molecule has 0 spiro atoms. The maximum Gasteiger partial charge on any atom is 0.328 e. The number of nitrogens with one attached hydrogen (secondary N) is 5. The van der Waals surface area contributed by atoms with E-state index in [0.29, 0.717) is 5.56 Å². The number of benzene rings is 3. The first-order valence-electron chi connectivity index (χ1n) is 15.3. The van der Waals surface area contributed by atoms with Gasteiger partial charge in [-0.05, 0) is 42.2 Å². The third-order valence-electron chi connectivity index (χ3n) is 8.15. The Bertz CT molecular complexity index is 1870. The van der Waals surface area contributed by atoms with Crippen LogP contribution in [0, 0.1) is 0 Å². The van der Waals surface area contributed by atoms with Crippen molar-refractivity contribution >= 4 is 45.5 Å². The van der Waals surface area contributed by atoms with Gasteiger partial charge in [0, 0.05) is 47.0 Å². The lowest BCUT2D eigenvalue weighted by molar-refractivity contribution is -0.145. The smallest absolute Gasteiger partial charge is 0.328 e. The average Bonchev–Trinajstić information content (AvgIpc) is 3.67. The maximum absolute atomic E-state index is 14.0. The van der Waals surface area contributed by atoms with Crippen LogP contribution in [-0.2, 0) is 38.4 Å². The molecule has 2 heterocycles. The van der Waals surface area contributed by atoms with Gasteiger partial charge in [0.2, 0.25) is 17.7 Å². The Morgan fingerprint density at radius 1 is 0.681 bits per heavy atom. The lowest BCUT2D eigenvalue weighted by atomic mass is 10.0. The molecule has 9 N–H and O–H groups in total. The van der Waals surface area contributed by atoms with Gasteiger partial charge in [0.05, 0.1) is 12.1 Å². The molecule has 3 amide bonds. The fourth-order valence-corrected chi connectivity index (χ4v) is 5.61. The molecule has 12 heteroatoms. The maximum atomic E-state index is 14.0. The summed E-state index contributed by atoms with van der Waals surface area (Å²) in [6.07, 6.45) is 2.49. The Balaban J connectivity index is 1.39. The summed E-state index contributed by atoms with van der Waals surface area (Å²) in [4.78, 5) is 59.0. The summed E-state index contributed by atoms with van der Waals surface area (Å²) >= 11 is 0. The summed E-state index contributed by atoms with van der Waals surface area (Å²) in [6.45, 7) is 1.25. The number of nitrogens with two attached hydrogens (primary N) is 1. The van der Waals surface area contributed by atoms with E-state index >= 15 is 0 Å². The number of hydrogen-bond donors (Lipinski definition) is 8. The van der Waals surface area contributed by atoms with E-state index in [9.17, 15) is 29.4 Å². The molecule has 0 aliphatic carbocycles. The minimum absolute atomic E-state index is 0.0262. The molecule has 244 valence electrons. The lowest BCUT2D eigenvalue weighted by Gasteiger charge is -2.26. The number of H-pyrrole nitrogens is 2. The summed E-state index contributed by atoms with van der Waals surface area (Å²) in [6, 6.07) is 19.1. The van der Waals surface area contributed by atoms with Gasteiger partial charge in [-0.15, -0.1) is 0 Å². The molecule has 0 fully saturated rings. The molecule has 3 aromatic carbocycles. The Labute approximate surface area is 270 Å². The van der Waals surface area contributed by atoms with E-state index in [1.165, 1.54) is 6.92 Å². The summed E-state index contributed by atoms with van der Waals surface area (Å²) < 4.78 is 0. The van der Waals surface area contributed by atoms with Crippen LogP contribution < -0.4 is 21.7 Å². The minimum Gasteiger partial charge on any atom is -0.480 e. The number of amides is 3. The van der Waals surface area contributed by atoms with Crippen LogP contribution in [0.4, 0.5) is 0 Å². The number of carbonyl (C=O) groups excluding carboxylic acids is 3. The van der Waals surface area contributed by atoms with Crippen LogP contribution in [0.15, 0.2) is 91.3 Å². The van der Waals surface area contributed by atoms with Gasteiger partial charge in [-0.1, -0.05) is 66.7 Å². The SMILES string of the molecule is CC(O)C(NC(=O)C(Cc1ccccc1)NC(=O)C(Cc1c[nH]c2ccccc12)NC(=O)C(N)Cc1c[nH]c2ccccc12)C(=O)O. The van der Waals surface area contributed by atoms with E-state index in [1.54, 1.807) is 42.7 Å². The number of carboxylic acid groups (broad SMARTS) is 1. The van der Waals surface area contributed by atoms with Crippen LogP contribution in [0.5, 0.6) is 0 Å². The van der Waals surface area contributed by atoms with Crippen LogP contribution in [-0.4, -0.2) is 74.1 Å². The summed E-state index contributed by atoms with van der Waals surface area (Å²) in [5.74, 6) is -3.45. The highest BCUT2D eigenvalue weighted by molar-refractivity contribution is 5.95. The van der Waals surface area contributed by atoms with Crippen molar-refractivity contribution in [2.45, 2.75) is 56.5 Å². The largest absolute Gasteiger partial charge is 0.480 e. The fourth-order valence-electron chi connectivity index (χ4n) is 5.61. The van der Waals surface area contributed by atoms with Crippen molar-refractivity contribution in [3.05, 3.63) is 108 Å². The lowest BCUT2D eigenvalue weighted by Crippen LogP contribution is -2.59. The van der Waals surface area contributed by atoms with Crippen molar-refractivity contribution in [2.75, 3.05) is 0 Å². The third kappa shape index (κ3) is 8.04. The number of carboxylic acids is 1. The molecule has 0 aliphatic rings. The molecule has 2 aromatic heterocycles. The molecule has 0 saturated heterocycles. The molecule has 0 saturated carbocycles. The minimum atomic E-state index is -1.60. The number of fused-ring (bicyclic) bond motifs is 2. The van der Waals surface area contributed by atoms with Crippen molar-refractivity contribution in [1.29, 1.82) is 0 Å². The number of rotatable bonds is 14. The van der Waals surface area contributed by atoms with Crippen LogP contribution in [0.2, 0.25) is 0 Å². The number of aromatic nitrogens is 2. The average molecular weight is 639 g/mol. The van der Waals surface area contributed by atoms with Crippen LogP contribution in [0.1, 0.15) is 23.6 Å². The van der Waals surface area contributed by atoms with Crippen LogP contribution in [0.25, 0.3) is 21.8 Å². The molecule has 5 rings (SSSR count). The Morgan fingerprint density at radius 3 is 1.74 bits per heavy atom. The molecular weight excluding hydrogens is 600 g/mol. The van der Waals surface area contributed by atoms with Crippen molar-refractivity contribution in [1.82, 2.24) is 25.9 Å². The Hall–Kier alpha value is -5.46. The van der Waals surface area contributed by atoms with Gasteiger partial charge in [-0.3, -0.25) is 14.4 Å². The number of hydrogen-bond acceptors (Lipinski definition) is 6. The number of aliphatic hydroxyl groups excluding tert-OH is 1. The second-order valence-corrected chi connectivity index (χ2v) is 11.6.